The molecule has 0 heterocycles. The molecule has 0 nitrogen and oxygen atoms in total. The Kier molecular flexibility index (Phi) is 2.65. The Labute approximate surface area is 72.2 Å². The highest BCUT2D eigenvalue weighted by atomic mass is 35.5. The normalized spacial score (nSPS) is 22.7. The largest absolute Gasteiger partial charge is 0.103 e. The molecular formula is C8H12Cl2. The van der Waals surface area contributed by atoms with E-state index in [9.17, 15) is 0 Å². The molecule has 58 valence electrons. The van der Waals surface area contributed by atoms with Gasteiger partial charge in [-0.15, -0.1) is 0 Å². The van der Waals surface area contributed by atoms with Crippen LogP contribution >= 0.6 is 23.2 Å². The molecule has 0 radical (unpaired) electrons. The molecule has 0 unspecified atom stereocenters. The number of allylic oxidation sites excluding steroid dienone is 1. The lowest BCUT2D eigenvalue weighted by Crippen LogP contribution is -2.05. The average Bonchev–Trinajstić information content (AvgIpc) is 2.12. The Morgan fingerprint density at radius 1 is 1.30 bits per heavy atom. The van der Waals surface area contributed by atoms with Gasteiger partial charge in [-0.1, -0.05) is 43.0 Å². The van der Waals surface area contributed by atoms with E-state index >= 15 is 0 Å². The van der Waals surface area contributed by atoms with Gasteiger partial charge in [0.2, 0.25) is 0 Å². The van der Waals surface area contributed by atoms with Crippen LogP contribution in [0.4, 0.5) is 0 Å². The number of rotatable bonds is 1. The summed E-state index contributed by atoms with van der Waals surface area (Å²) in [6.07, 6.45) is 7.07. The molecule has 0 N–H and O–H groups in total. The molecular weight excluding hydrogens is 167 g/mol. The van der Waals surface area contributed by atoms with Crippen LogP contribution in [0.2, 0.25) is 0 Å². The lowest BCUT2D eigenvalue weighted by Gasteiger charge is -2.17. The molecule has 0 amide bonds. The van der Waals surface area contributed by atoms with Crippen LogP contribution in [0, 0.1) is 5.41 Å². The van der Waals surface area contributed by atoms with Gasteiger partial charge in [0.15, 0.2) is 0 Å². The van der Waals surface area contributed by atoms with Crippen molar-refractivity contribution in [1.29, 1.82) is 0 Å². The second-order valence-electron chi connectivity index (χ2n) is 3.30. The fourth-order valence-corrected chi connectivity index (χ4v) is 2.12. The predicted molar refractivity (Wildman–Crippen MR) is 46.4 cm³/mol. The van der Waals surface area contributed by atoms with E-state index in [-0.39, 0.29) is 0 Å². The van der Waals surface area contributed by atoms with Gasteiger partial charge in [-0.25, -0.2) is 0 Å². The average molecular weight is 179 g/mol. The van der Waals surface area contributed by atoms with Gasteiger partial charge < -0.3 is 0 Å². The Morgan fingerprint density at radius 2 is 1.80 bits per heavy atom. The zero-order chi connectivity index (χ0) is 7.61. The minimum atomic E-state index is 0.291. The van der Waals surface area contributed by atoms with Gasteiger partial charge in [0, 0.05) is 0 Å². The fourth-order valence-electron chi connectivity index (χ4n) is 1.59. The van der Waals surface area contributed by atoms with Gasteiger partial charge in [-0.05, 0) is 24.3 Å². The second-order valence-corrected chi connectivity index (χ2v) is 4.30. The Bertz CT molecular complexity index is 139. The second kappa shape index (κ2) is 3.15. The Hall–Kier alpha value is 0.320. The summed E-state index contributed by atoms with van der Waals surface area (Å²) < 4.78 is 0.421. The van der Waals surface area contributed by atoms with E-state index in [2.05, 4.69) is 6.92 Å². The lowest BCUT2D eigenvalue weighted by atomic mass is 9.89. The molecule has 0 atom stereocenters. The van der Waals surface area contributed by atoms with Crippen LogP contribution < -0.4 is 0 Å². The number of halogens is 2. The SMILES string of the molecule is CC1(C=C(Cl)Cl)CCCC1. The summed E-state index contributed by atoms with van der Waals surface area (Å²) in [6.45, 7) is 2.21. The van der Waals surface area contributed by atoms with Crippen molar-refractivity contribution in [2.75, 3.05) is 0 Å². The summed E-state index contributed by atoms with van der Waals surface area (Å²) in [5, 5.41) is 0. The third-order valence-electron chi connectivity index (χ3n) is 2.20. The third kappa shape index (κ3) is 2.17. The molecule has 0 spiro atoms. The van der Waals surface area contributed by atoms with Crippen LogP contribution in [0.15, 0.2) is 10.6 Å². The van der Waals surface area contributed by atoms with Crippen LogP contribution in [-0.2, 0) is 0 Å². The molecule has 1 saturated carbocycles. The third-order valence-corrected chi connectivity index (χ3v) is 2.42. The van der Waals surface area contributed by atoms with Crippen molar-refractivity contribution in [3.63, 3.8) is 0 Å². The maximum Gasteiger partial charge on any atom is 0.103 e. The summed E-state index contributed by atoms with van der Waals surface area (Å²) in [5.41, 5.74) is 0.291. The van der Waals surface area contributed by atoms with Crippen LogP contribution in [-0.4, -0.2) is 0 Å². The predicted octanol–water partition coefficient (Wildman–Crippen LogP) is 3.89. The topological polar surface area (TPSA) is 0 Å². The van der Waals surface area contributed by atoms with Crippen LogP contribution in [0.3, 0.4) is 0 Å². The molecule has 0 aromatic carbocycles. The molecule has 10 heavy (non-hydrogen) atoms. The first-order chi connectivity index (χ1) is 4.62. The van der Waals surface area contributed by atoms with Crippen molar-refractivity contribution in [1.82, 2.24) is 0 Å². The molecule has 0 bridgehead atoms. The van der Waals surface area contributed by atoms with E-state index in [1.807, 2.05) is 6.08 Å². The Balaban J connectivity index is 2.59. The van der Waals surface area contributed by atoms with Gasteiger partial charge in [-0.3, -0.25) is 0 Å². The first-order valence-corrected chi connectivity index (χ1v) is 4.42. The van der Waals surface area contributed by atoms with E-state index in [1.54, 1.807) is 0 Å². The first kappa shape index (κ1) is 8.42. The maximum absolute atomic E-state index is 5.57. The molecule has 2 heteroatoms. The fraction of sp³-hybridized carbons (Fsp3) is 0.750. The zero-order valence-electron chi connectivity index (χ0n) is 6.16. The van der Waals surface area contributed by atoms with Crippen molar-refractivity contribution in [3.8, 4) is 0 Å². The monoisotopic (exact) mass is 178 g/mol. The van der Waals surface area contributed by atoms with Gasteiger partial charge in [0.05, 0.1) is 0 Å². The highest BCUT2D eigenvalue weighted by Crippen LogP contribution is 2.40. The zero-order valence-corrected chi connectivity index (χ0v) is 7.67. The van der Waals surface area contributed by atoms with E-state index in [4.69, 9.17) is 23.2 Å². The molecule has 0 saturated heterocycles. The van der Waals surface area contributed by atoms with Crippen molar-refractivity contribution < 1.29 is 0 Å². The highest BCUT2D eigenvalue weighted by molar-refractivity contribution is 6.55. The van der Waals surface area contributed by atoms with Gasteiger partial charge in [0.25, 0.3) is 0 Å². The van der Waals surface area contributed by atoms with Crippen molar-refractivity contribution in [3.05, 3.63) is 10.6 Å². The van der Waals surface area contributed by atoms with Gasteiger partial charge >= 0.3 is 0 Å². The molecule has 0 aromatic heterocycles. The Morgan fingerprint density at radius 3 is 2.20 bits per heavy atom. The first-order valence-electron chi connectivity index (χ1n) is 3.66. The number of hydrogen-bond donors (Lipinski definition) is 0. The van der Waals surface area contributed by atoms with Gasteiger partial charge in [-0.2, -0.15) is 0 Å². The van der Waals surface area contributed by atoms with Gasteiger partial charge in [0.1, 0.15) is 4.49 Å². The molecule has 1 aliphatic carbocycles. The molecule has 0 aliphatic heterocycles. The van der Waals surface area contributed by atoms with Crippen molar-refractivity contribution >= 4 is 23.2 Å². The van der Waals surface area contributed by atoms with Crippen LogP contribution in [0.25, 0.3) is 0 Å². The van der Waals surface area contributed by atoms with Crippen molar-refractivity contribution in [2.24, 2.45) is 5.41 Å². The smallest absolute Gasteiger partial charge is 0.0712 e. The standard InChI is InChI=1S/C8H12Cl2/c1-8(6-7(9)10)4-2-3-5-8/h6H,2-5H2,1H3. The lowest BCUT2D eigenvalue weighted by molar-refractivity contribution is 0.446. The summed E-state index contributed by atoms with van der Waals surface area (Å²) >= 11 is 11.1. The molecule has 1 aliphatic rings. The van der Waals surface area contributed by atoms with E-state index in [1.165, 1.54) is 25.7 Å². The quantitative estimate of drug-likeness (QED) is 0.572. The number of hydrogen-bond acceptors (Lipinski definition) is 0. The van der Waals surface area contributed by atoms with E-state index in [0.717, 1.165) is 0 Å². The minimum Gasteiger partial charge on any atom is -0.0712 e. The molecule has 1 rings (SSSR count). The van der Waals surface area contributed by atoms with Crippen LogP contribution in [0.5, 0.6) is 0 Å². The summed E-state index contributed by atoms with van der Waals surface area (Å²) in [6, 6.07) is 0. The van der Waals surface area contributed by atoms with Crippen molar-refractivity contribution in [2.45, 2.75) is 32.6 Å². The summed E-state index contributed by atoms with van der Waals surface area (Å²) in [5.74, 6) is 0. The van der Waals surface area contributed by atoms with Crippen LogP contribution in [0.1, 0.15) is 32.6 Å². The molecule has 0 aromatic rings. The van der Waals surface area contributed by atoms with E-state index in [0.29, 0.717) is 9.91 Å². The summed E-state index contributed by atoms with van der Waals surface area (Å²) in [7, 11) is 0. The van der Waals surface area contributed by atoms with E-state index < -0.39 is 0 Å². The maximum atomic E-state index is 5.57. The molecule has 1 fully saturated rings. The minimum absolute atomic E-state index is 0.291. The highest BCUT2D eigenvalue weighted by Gasteiger charge is 2.26. The summed E-state index contributed by atoms with van der Waals surface area (Å²) in [4.78, 5) is 0.